The largest absolute Gasteiger partial charge is 0.481 e. The highest BCUT2D eigenvalue weighted by Gasteiger charge is 2.27. The van der Waals surface area contributed by atoms with Crippen molar-refractivity contribution in [3.63, 3.8) is 0 Å². The van der Waals surface area contributed by atoms with E-state index in [1.807, 2.05) is 48.2 Å². The van der Waals surface area contributed by atoms with E-state index >= 15 is 0 Å². The third kappa shape index (κ3) is 11.8. The molecule has 2 atom stereocenters. The Balaban J connectivity index is 1.62. The topological polar surface area (TPSA) is 74.6 Å². The van der Waals surface area contributed by atoms with Gasteiger partial charge in [-0.2, -0.15) is 11.8 Å². The Morgan fingerprint density at radius 2 is 0.973 bits per heavy atom. The first-order valence-electron chi connectivity index (χ1n) is 13.9. The van der Waals surface area contributed by atoms with Gasteiger partial charge >= 0.3 is 11.9 Å². The molecule has 2 aromatic carbocycles. The Morgan fingerprint density at radius 1 is 0.595 bits per heavy atom. The third-order valence-electron chi connectivity index (χ3n) is 7.76. The smallest absolute Gasteiger partial charge is 0.303 e. The fourth-order valence-corrected chi connectivity index (χ4v) is 6.19. The molecule has 0 aliphatic carbocycles. The van der Waals surface area contributed by atoms with E-state index in [0.717, 1.165) is 25.7 Å². The van der Waals surface area contributed by atoms with Gasteiger partial charge in [0.1, 0.15) is 0 Å². The summed E-state index contributed by atoms with van der Waals surface area (Å²) in [6, 6.07) is 20.7. The van der Waals surface area contributed by atoms with Gasteiger partial charge in [0.25, 0.3) is 0 Å². The van der Waals surface area contributed by atoms with Crippen molar-refractivity contribution in [2.24, 2.45) is 0 Å². The van der Waals surface area contributed by atoms with Gasteiger partial charge < -0.3 is 10.2 Å². The summed E-state index contributed by atoms with van der Waals surface area (Å²) in [6.45, 7) is 4.43. The van der Waals surface area contributed by atoms with Crippen LogP contribution in [0, 0.1) is 0 Å². The molecular weight excluding hydrogens is 480 g/mol. The number of carboxylic acid groups (broad SMARTS) is 2. The molecule has 0 saturated heterocycles. The molecule has 0 spiro atoms. The van der Waals surface area contributed by atoms with E-state index in [1.54, 1.807) is 0 Å². The first-order chi connectivity index (χ1) is 17.8. The molecule has 2 rings (SSSR count). The van der Waals surface area contributed by atoms with Crippen LogP contribution in [0.1, 0.15) is 102 Å². The van der Waals surface area contributed by atoms with E-state index < -0.39 is 11.9 Å². The second kappa shape index (κ2) is 16.5. The lowest BCUT2D eigenvalue weighted by molar-refractivity contribution is -0.138. The fraction of sp³-hybridized carbons (Fsp3) is 0.562. The van der Waals surface area contributed by atoms with Crippen LogP contribution < -0.4 is 0 Å². The molecule has 0 bridgehead atoms. The Kier molecular flexibility index (Phi) is 13.8. The number of benzene rings is 2. The van der Waals surface area contributed by atoms with Crippen LogP contribution in [0.2, 0.25) is 0 Å². The maximum Gasteiger partial charge on any atom is 0.303 e. The first-order valence-corrected chi connectivity index (χ1v) is 15.0. The van der Waals surface area contributed by atoms with Gasteiger partial charge in [0.05, 0.1) is 0 Å². The molecule has 0 saturated carbocycles. The lowest BCUT2D eigenvalue weighted by atomic mass is 9.74. The minimum Gasteiger partial charge on any atom is -0.481 e. The summed E-state index contributed by atoms with van der Waals surface area (Å²) < 4.78 is 0. The molecule has 5 heteroatoms. The average molecular weight is 527 g/mol. The van der Waals surface area contributed by atoms with Crippen molar-refractivity contribution in [2.45, 2.75) is 102 Å². The molecule has 2 N–H and O–H groups in total. The third-order valence-corrected chi connectivity index (χ3v) is 8.91. The summed E-state index contributed by atoms with van der Waals surface area (Å²) in [5.74, 6) is 0.918. The molecule has 0 fully saturated rings. The normalized spacial score (nSPS) is 14.5. The van der Waals surface area contributed by atoms with Gasteiger partial charge in [-0.1, -0.05) is 100 Å². The van der Waals surface area contributed by atoms with Crippen LogP contribution >= 0.6 is 11.8 Å². The number of aliphatic carboxylic acids is 2. The number of carboxylic acids is 2. The predicted octanol–water partition coefficient (Wildman–Crippen LogP) is 8.49. The van der Waals surface area contributed by atoms with Gasteiger partial charge in [-0.05, 0) is 72.0 Å². The monoisotopic (exact) mass is 526 g/mol. The SMILES string of the molecule is CC(CCCCCSCCCCCC(C)(CCC(=O)O)c1ccccc1)(CCC(=O)O)c1ccccc1. The van der Waals surface area contributed by atoms with Crippen LogP contribution in [-0.2, 0) is 20.4 Å². The summed E-state index contributed by atoms with van der Waals surface area (Å²) in [7, 11) is 0. The van der Waals surface area contributed by atoms with Crippen molar-refractivity contribution in [1.29, 1.82) is 0 Å². The molecule has 0 amide bonds. The van der Waals surface area contributed by atoms with Gasteiger partial charge in [0, 0.05) is 12.8 Å². The Labute approximate surface area is 228 Å². The van der Waals surface area contributed by atoms with Crippen molar-refractivity contribution in [2.75, 3.05) is 11.5 Å². The number of hydrogen-bond donors (Lipinski definition) is 2. The summed E-state index contributed by atoms with van der Waals surface area (Å²) in [5, 5.41) is 18.4. The molecule has 0 aliphatic rings. The molecule has 37 heavy (non-hydrogen) atoms. The predicted molar refractivity (Wildman–Crippen MR) is 156 cm³/mol. The number of unbranched alkanes of at least 4 members (excludes halogenated alkanes) is 4. The zero-order valence-corrected chi connectivity index (χ0v) is 23.6. The van der Waals surface area contributed by atoms with Gasteiger partial charge in [-0.25, -0.2) is 0 Å². The zero-order valence-electron chi connectivity index (χ0n) is 22.8. The highest BCUT2D eigenvalue weighted by molar-refractivity contribution is 7.99. The zero-order chi connectivity index (χ0) is 27.0. The number of thioether (sulfide) groups is 1. The highest BCUT2D eigenvalue weighted by Crippen LogP contribution is 2.36. The lowest BCUT2D eigenvalue weighted by Gasteiger charge is -2.30. The summed E-state index contributed by atoms with van der Waals surface area (Å²) in [4.78, 5) is 22.3. The maximum atomic E-state index is 11.2. The number of rotatable bonds is 20. The Hall–Kier alpha value is -2.27. The van der Waals surface area contributed by atoms with Crippen molar-refractivity contribution < 1.29 is 19.8 Å². The minimum atomic E-state index is -0.719. The van der Waals surface area contributed by atoms with Crippen LogP contribution in [0.15, 0.2) is 60.7 Å². The van der Waals surface area contributed by atoms with Crippen LogP contribution in [-0.4, -0.2) is 33.7 Å². The van der Waals surface area contributed by atoms with E-state index in [0.29, 0.717) is 12.8 Å². The molecule has 0 aromatic heterocycles. The first kappa shape index (κ1) is 31.0. The molecule has 0 aliphatic heterocycles. The Bertz CT molecular complexity index is 841. The van der Waals surface area contributed by atoms with Crippen LogP contribution in [0.25, 0.3) is 0 Å². The standard InChI is InChI=1S/C32H46O4S/c1-31(23-19-29(33)34,27-15-7-3-8-16-27)21-11-5-13-25-37-26-14-6-12-22-32(2,24-20-30(35)36)28-17-9-4-10-18-28/h3-4,7-10,15-18H,5-6,11-14,19-26H2,1-2H3,(H,33,34)(H,35,36). The lowest BCUT2D eigenvalue weighted by Crippen LogP contribution is -2.23. The highest BCUT2D eigenvalue weighted by atomic mass is 32.2. The van der Waals surface area contributed by atoms with Gasteiger partial charge in [0.2, 0.25) is 0 Å². The minimum absolute atomic E-state index is 0.0779. The van der Waals surface area contributed by atoms with E-state index in [-0.39, 0.29) is 23.7 Å². The Morgan fingerprint density at radius 3 is 1.32 bits per heavy atom. The summed E-state index contributed by atoms with van der Waals surface area (Å²) in [5.41, 5.74) is 2.34. The second-order valence-corrected chi connectivity index (χ2v) is 12.1. The van der Waals surface area contributed by atoms with Crippen molar-refractivity contribution in [3.8, 4) is 0 Å². The molecule has 2 unspecified atom stereocenters. The maximum absolute atomic E-state index is 11.2. The van der Waals surface area contributed by atoms with E-state index in [4.69, 9.17) is 0 Å². The molecule has 204 valence electrons. The number of hydrogen-bond acceptors (Lipinski definition) is 3. The number of carbonyl (C=O) groups is 2. The van der Waals surface area contributed by atoms with Gasteiger partial charge in [0.15, 0.2) is 0 Å². The summed E-state index contributed by atoms with van der Waals surface area (Å²) >= 11 is 2.03. The molecular formula is C32H46O4S. The van der Waals surface area contributed by atoms with E-state index in [2.05, 4.69) is 38.1 Å². The van der Waals surface area contributed by atoms with Crippen molar-refractivity contribution >= 4 is 23.7 Å². The molecule has 0 radical (unpaired) electrons. The van der Waals surface area contributed by atoms with Crippen LogP contribution in [0.3, 0.4) is 0 Å². The summed E-state index contributed by atoms with van der Waals surface area (Å²) in [6.07, 6.45) is 10.9. The van der Waals surface area contributed by atoms with E-state index in [9.17, 15) is 19.8 Å². The molecule has 0 heterocycles. The van der Waals surface area contributed by atoms with Crippen molar-refractivity contribution in [1.82, 2.24) is 0 Å². The van der Waals surface area contributed by atoms with Gasteiger partial charge in [-0.15, -0.1) is 0 Å². The molecule has 2 aromatic rings. The van der Waals surface area contributed by atoms with E-state index in [1.165, 1.54) is 48.3 Å². The fourth-order valence-electron chi connectivity index (χ4n) is 5.17. The average Bonchev–Trinajstić information content (AvgIpc) is 2.90. The van der Waals surface area contributed by atoms with Gasteiger partial charge in [-0.3, -0.25) is 9.59 Å². The van der Waals surface area contributed by atoms with Crippen LogP contribution in [0.5, 0.6) is 0 Å². The second-order valence-electron chi connectivity index (χ2n) is 10.9. The van der Waals surface area contributed by atoms with Crippen LogP contribution in [0.4, 0.5) is 0 Å². The quantitative estimate of drug-likeness (QED) is 0.169. The molecule has 4 nitrogen and oxygen atoms in total. The van der Waals surface area contributed by atoms with Crippen molar-refractivity contribution in [3.05, 3.63) is 71.8 Å².